The number of rotatable bonds is 0. The molecule has 0 atom stereocenters. The monoisotopic (exact) mass is 190 g/mol. The standard InChI is InChI=1S/2Mn.5O/q;;5*-2. The summed E-state index contributed by atoms with van der Waals surface area (Å²) in [4.78, 5) is 0. The SMILES string of the molecule is [Mn].[Mn].[O-2].[O-2].[O-2].[O-2].[O-2]. The molecule has 2 radical (unpaired) electrons. The summed E-state index contributed by atoms with van der Waals surface area (Å²) in [5.41, 5.74) is 0. The van der Waals surface area contributed by atoms with Gasteiger partial charge in [-0.25, -0.2) is 0 Å². The first kappa shape index (κ1) is 521. The van der Waals surface area contributed by atoms with Crippen LogP contribution in [0.15, 0.2) is 0 Å². The van der Waals surface area contributed by atoms with E-state index in [1.54, 1.807) is 0 Å². The largest absolute Gasteiger partial charge is 2.00 e. The van der Waals surface area contributed by atoms with Crippen molar-refractivity contribution in [2.75, 3.05) is 0 Å². The third-order valence-electron chi connectivity index (χ3n) is 0. The summed E-state index contributed by atoms with van der Waals surface area (Å²) in [5, 5.41) is 0. The molecule has 7 heavy (non-hydrogen) atoms. The van der Waals surface area contributed by atoms with Crippen molar-refractivity contribution in [3.8, 4) is 0 Å². The van der Waals surface area contributed by atoms with Crippen molar-refractivity contribution in [2.24, 2.45) is 0 Å². The summed E-state index contributed by atoms with van der Waals surface area (Å²) in [6.07, 6.45) is 0. The minimum Gasteiger partial charge on any atom is -2.00 e. The van der Waals surface area contributed by atoms with E-state index in [0.717, 1.165) is 0 Å². The van der Waals surface area contributed by atoms with E-state index in [-0.39, 0.29) is 61.5 Å². The Balaban J connectivity index is 0. The van der Waals surface area contributed by atoms with Crippen molar-refractivity contribution >= 4 is 0 Å². The second-order valence-corrected chi connectivity index (χ2v) is 0. The van der Waals surface area contributed by atoms with Crippen LogP contribution in [0.1, 0.15) is 0 Å². The molecule has 0 amide bonds. The van der Waals surface area contributed by atoms with Crippen molar-refractivity contribution in [3.05, 3.63) is 0 Å². The summed E-state index contributed by atoms with van der Waals surface area (Å²) in [5.74, 6) is 0. The van der Waals surface area contributed by atoms with Gasteiger partial charge in [-0.1, -0.05) is 0 Å². The van der Waals surface area contributed by atoms with Crippen LogP contribution in [0.3, 0.4) is 0 Å². The maximum atomic E-state index is 0. The molecule has 0 aliphatic heterocycles. The molecule has 0 aromatic rings. The van der Waals surface area contributed by atoms with Gasteiger partial charge in [0.2, 0.25) is 0 Å². The molecule has 0 spiro atoms. The molecule has 0 aromatic carbocycles. The van der Waals surface area contributed by atoms with E-state index >= 15 is 0 Å². The van der Waals surface area contributed by atoms with Crippen molar-refractivity contribution < 1.29 is 61.5 Å². The van der Waals surface area contributed by atoms with Crippen molar-refractivity contribution in [3.63, 3.8) is 0 Å². The molecule has 0 rings (SSSR count). The summed E-state index contributed by atoms with van der Waals surface area (Å²) >= 11 is 0. The van der Waals surface area contributed by atoms with E-state index in [9.17, 15) is 0 Å². The average molecular weight is 190 g/mol. The van der Waals surface area contributed by atoms with Gasteiger partial charge in [0.1, 0.15) is 0 Å². The molecule has 0 saturated heterocycles. The van der Waals surface area contributed by atoms with E-state index in [1.165, 1.54) is 0 Å². The Labute approximate surface area is 62.0 Å². The van der Waals surface area contributed by atoms with Crippen LogP contribution in [0.4, 0.5) is 0 Å². The van der Waals surface area contributed by atoms with Gasteiger partial charge in [0.25, 0.3) is 0 Å². The average Bonchev–Trinajstić information content (AvgIpc) is 0. The predicted octanol–water partition coefficient (Wildman–Crippen LogP) is -0.599. The molecule has 7 heteroatoms. The first-order valence-corrected chi connectivity index (χ1v) is 0. The molecule has 54 valence electrons. The molecular formula is Mn2O5-10. The van der Waals surface area contributed by atoms with Gasteiger partial charge in [0, 0.05) is 34.1 Å². The second kappa shape index (κ2) is 331. The van der Waals surface area contributed by atoms with E-state index in [4.69, 9.17) is 0 Å². The van der Waals surface area contributed by atoms with Crippen LogP contribution in [-0.4, -0.2) is 0 Å². The minimum atomic E-state index is 0. The Morgan fingerprint density at radius 2 is 0.286 bits per heavy atom. The van der Waals surface area contributed by atoms with Crippen LogP contribution >= 0.6 is 0 Å². The van der Waals surface area contributed by atoms with Gasteiger partial charge >= 0.3 is 0 Å². The van der Waals surface area contributed by atoms with Gasteiger partial charge in [-0.05, 0) is 0 Å². The van der Waals surface area contributed by atoms with Crippen molar-refractivity contribution in [1.29, 1.82) is 0 Å². The third-order valence-corrected chi connectivity index (χ3v) is 0. The first-order chi connectivity index (χ1) is 0. The van der Waals surface area contributed by atoms with Gasteiger partial charge in [-0.15, -0.1) is 0 Å². The van der Waals surface area contributed by atoms with Gasteiger partial charge < -0.3 is 27.4 Å². The summed E-state index contributed by atoms with van der Waals surface area (Å²) in [6, 6.07) is 0. The van der Waals surface area contributed by atoms with Crippen LogP contribution in [0, 0.1) is 0 Å². The zero-order valence-electron chi connectivity index (χ0n) is 2.80. The second-order valence-electron chi connectivity index (χ2n) is 0. The van der Waals surface area contributed by atoms with Crippen LogP contribution in [0.2, 0.25) is 0 Å². The summed E-state index contributed by atoms with van der Waals surface area (Å²) < 4.78 is 0. The molecule has 5 nitrogen and oxygen atoms in total. The van der Waals surface area contributed by atoms with Gasteiger partial charge in [-0.3, -0.25) is 0 Å². The molecule has 0 aromatic heterocycles. The molecular weight excluding hydrogens is 190 g/mol. The Morgan fingerprint density at radius 3 is 0.286 bits per heavy atom. The third kappa shape index (κ3) is 228. The van der Waals surface area contributed by atoms with Gasteiger partial charge in [0.15, 0.2) is 0 Å². The van der Waals surface area contributed by atoms with Crippen LogP contribution in [-0.2, 0) is 61.5 Å². The number of hydrogen-bond donors (Lipinski definition) is 0. The Kier molecular flexibility index (Phi) is 24700. The van der Waals surface area contributed by atoms with E-state index in [0.29, 0.717) is 0 Å². The molecule has 0 aliphatic rings. The quantitative estimate of drug-likeness (QED) is 0.449. The first-order valence-electron chi connectivity index (χ1n) is 0. The van der Waals surface area contributed by atoms with Crippen molar-refractivity contribution in [2.45, 2.75) is 0 Å². The minimum absolute atomic E-state index is 0. The van der Waals surface area contributed by atoms with E-state index in [1.807, 2.05) is 0 Å². The molecule has 0 fully saturated rings. The van der Waals surface area contributed by atoms with Crippen LogP contribution in [0.25, 0.3) is 0 Å². The Bertz CT molecular complexity index is 6.04. The van der Waals surface area contributed by atoms with Crippen LogP contribution < -0.4 is 0 Å². The maximum Gasteiger partial charge on any atom is 0 e. The molecule has 0 saturated carbocycles. The zero-order valence-corrected chi connectivity index (χ0v) is 5.16. The summed E-state index contributed by atoms with van der Waals surface area (Å²) in [7, 11) is 0. The fraction of sp³-hybridized carbons (Fsp3) is 0. The number of hydrogen-bond acceptors (Lipinski definition) is 0. The normalized spacial score (nSPS) is 0. The molecule has 0 bridgehead atoms. The maximum absolute atomic E-state index is 0. The zero-order chi connectivity index (χ0) is 0. The Hall–Kier alpha value is 0.839. The fourth-order valence-corrected chi connectivity index (χ4v) is 0. The van der Waals surface area contributed by atoms with Crippen molar-refractivity contribution in [1.82, 2.24) is 0 Å². The smallest absolute Gasteiger partial charge is 0 e. The summed E-state index contributed by atoms with van der Waals surface area (Å²) in [6.45, 7) is 0. The van der Waals surface area contributed by atoms with Gasteiger partial charge in [-0.2, -0.15) is 0 Å². The predicted molar refractivity (Wildman–Crippen MR) is 3.43 cm³/mol. The Morgan fingerprint density at radius 1 is 0.286 bits per heavy atom. The topological polar surface area (TPSA) is 142 Å². The molecule has 0 N–H and O–H groups in total. The molecule has 0 heterocycles. The van der Waals surface area contributed by atoms with E-state index in [2.05, 4.69) is 0 Å². The fourth-order valence-electron chi connectivity index (χ4n) is 0. The van der Waals surface area contributed by atoms with Crippen LogP contribution in [0.5, 0.6) is 0 Å². The molecule has 0 aliphatic carbocycles. The van der Waals surface area contributed by atoms with E-state index < -0.39 is 0 Å². The van der Waals surface area contributed by atoms with Gasteiger partial charge in [0.05, 0.1) is 0 Å². The molecule has 0 unspecified atom stereocenters.